The highest BCUT2D eigenvalue weighted by atomic mass is 15.3. The summed E-state index contributed by atoms with van der Waals surface area (Å²) in [6, 6.07) is 17.1. The first kappa shape index (κ1) is 12.7. The van der Waals surface area contributed by atoms with Gasteiger partial charge in [-0.1, -0.05) is 59.7 Å². The Kier molecular flexibility index (Phi) is 3.38. The Morgan fingerprint density at radius 3 is 2.40 bits per heavy atom. The molecule has 0 aliphatic rings. The average molecular weight is 262 g/mol. The molecule has 0 aliphatic carbocycles. The van der Waals surface area contributed by atoms with E-state index in [4.69, 9.17) is 0 Å². The topological polar surface area (TPSA) is 17.8 Å². The van der Waals surface area contributed by atoms with Crippen LogP contribution < -0.4 is 0 Å². The van der Waals surface area contributed by atoms with E-state index in [-0.39, 0.29) is 0 Å². The van der Waals surface area contributed by atoms with Gasteiger partial charge < -0.3 is 0 Å². The Balaban J connectivity index is 1.84. The lowest BCUT2D eigenvalue weighted by Crippen LogP contribution is -1.99. The summed E-state index contributed by atoms with van der Waals surface area (Å²) in [5.74, 6) is 0. The zero-order chi connectivity index (χ0) is 13.9. The number of nitrogens with zero attached hydrogens (tertiary/aromatic N) is 2. The quantitative estimate of drug-likeness (QED) is 0.691. The molecule has 100 valence electrons. The molecule has 0 aliphatic heterocycles. The molecule has 1 aromatic heterocycles. The normalized spacial score (nSPS) is 10.7. The summed E-state index contributed by atoms with van der Waals surface area (Å²) in [5.41, 5.74) is 6.23. The van der Waals surface area contributed by atoms with Crippen LogP contribution in [0.1, 0.15) is 16.7 Å². The lowest BCUT2D eigenvalue weighted by atomic mass is 10.1. The summed E-state index contributed by atoms with van der Waals surface area (Å²) >= 11 is 0. The van der Waals surface area contributed by atoms with Gasteiger partial charge in [0.25, 0.3) is 0 Å². The maximum atomic E-state index is 4.46. The van der Waals surface area contributed by atoms with Crippen LogP contribution in [-0.4, -0.2) is 9.78 Å². The minimum Gasteiger partial charge on any atom is -0.268 e. The van der Waals surface area contributed by atoms with Crippen LogP contribution in [0.4, 0.5) is 0 Å². The fourth-order valence-electron chi connectivity index (χ4n) is 2.42. The fourth-order valence-corrected chi connectivity index (χ4v) is 2.42. The van der Waals surface area contributed by atoms with Crippen LogP contribution >= 0.6 is 0 Å². The molecule has 0 bridgehead atoms. The van der Waals surface area contributed by atoms with E-state index < -0.39 is 0 Å². The van der Waals surface area contributed by atoms with Gasteiger partial charge in [0.05, 0.1) is 12.7 Å². The lowest BCUT2D eigenvalue weighted by molar-refractivity contribution is 0.686. The first-order chi connectivity index (χ1) is 9.70. The van der Waals surface area contributed by atoms with Crippen molar-refractivity contribution < 1.29 is 0 Å². The molecule has 2 aromatic carbocycles. The summed E-state index contributed by atoms with van der Waals surface area (Å²) in [6.45, 7) is 5.04. The van der Waals surface area contributed by atoms with Gasteiger partial charge >= 0.3 is 0 Å². The standard InChI is InChI=1S/C18H18N2/c1-14-5-3-7-16(9-14)12-20-13-18(11-19-20)17-8-4-6-15(2)10-17/h3-11,13H,12H2,1-2H3. The predicted molar refractivity (Wildman–Crippen MR) is 82.7 cm³/mol. The van der Waals surface area contributed by atoms with E-state index in [0.717, 1.165) is 6.54 Å². The smallest absolute Gasteiger partial charge is 0.0659 e. The molecule has 2 heteroatoms. The van der Waals surface area contributed by atoms with Crippen molar-refractivity contribution >= 4 is 0 Å². The summed E-state index contributed by atoms with van der Waals surface area (Å²) in [5, 5.41) is 4.46. The van der Waals surface area contributed by atoms with Crippen molar-refractivity contribution in [3.63, 3.8) is 0 Å². The van der Waals surface area contributed by atoms with Crippen molar-refractivity contribution in [2.24, 2.45) is 0 Å². The zero-order valence-electron chi connectivity index (χ0n) is 11.9. The number of hydrogen-bond donors (Lipinski definition) is 0. The SMILES string of the molecule is Cc1cccc(Cn2cc(-c3cccc(C)c3)cn2)c1. The molecule has 0 saturated heterocycles. The highest BCUT2D eigenvalue weighted by Gasteiger charge is 2.03. The van der Waals surface area contributed by atoms with Gasteiger partial charge in [-0.15, -0.1) is 0 Å². The molecule has 0 amide bonds. The third kappa shape index (κ3) is 2.80. The molecule has 0 spiro atoms. The molecular formula is C18H18N2. The van der Waals surface area contributed by atoms with E-state index in [0.29, 0.717) is 0 Å². The average Bonchev–Trinajstić information content (AvgIpc) is 2.87. The van der Waals surface area contributed by atoms with Gasteiger partial charge in [-0.05, 0) is 25.0 Å². The van der Waals surface area contributed by atoms with Gasteiger partial charge in [-0.2, -0.15) is 5.10 Å². The van der Waals surface area contributed by atoms with Crippen LogP contribution in [0.3, 0.4) is 0 Å². The maximum absolute atomic E-state index is 4.46. The highest BCUT2D eigenvalue weighted by Crippen LogP contribution is 2.20. The second kappa shape index (κ2) is 5.33. The largest absolute Gasteiger partial charge is 0.268 e. The van der Waals surface area contributed by atoms with Crippen LogP contribution in [0.5, 0.6) is 0 Å². The van der Waals surface area contributed by atoms with Crippen LogP contribution in [0.25, 0.3) is 11.1 Å². The zero-order valence-corrected chi connectivity index (χ0v) is 11.9. The van der Waals surface area contributed by atoms with Crippen LogP contribution in [-0.2, 0) is 6.54 Å². The molecule has 3 aromatic rings. The predicted octanol–water partition coefficient (Wildman–Crippen LogP) is 4.22. The van der Waals surface area contributed by atoms with E-state index >= 15 is 0 Å². The molecule has 0 unspecified atom stereocenters. The van der Waals surface area contributed by atoms with Crippen LogP contribution in [0.2, 0.25) is 0 Å². The maximum Gasteiger partial charge on any atom is 0.0659 e. The molecule has 0 atom stereocenters. The van der Waals surface area contributed by atoms with Gasteiger partial charge in [-0.25, -0.2) is 0 Å². The van der Waals surface area contributed by atoms with Crippen molar-refractivity contribution in [1.82, 2.24) is 9.78 Å². The minimum atomic E-state index is 0.813. The molecule has 0 saturated carbocycles. The third-order valence-corrected chi connectivity index (χ3v) is 3.41. The number of aromatic nitrogens is 2. The number of benzene rings is 2. The summed E-state index contributed by atoms with van der Waals surface area (Å²) in [6.07, 6.45) is 4.04. The highest BCUT2D eigenvalue weighted by molar-refractivity contribution is 5.62. The van der Waals surface area contributed by atoms with Gasteiger partial charge in [0.2, 0.25) is 0 Å². The van der Waals surface area contributed by atoms with E-state index in [1.165, 1.54) is 27.8 Å². The molecule has 3 rings (SSSR count). The monoisotopic (exact) mass is 262 g/mol. The first-order valence-electron chi connectivity index (χ1n) is 6.86. The Hall–Kier alpha value is -2.35. The first-order valence-corrected chi connectivity index (χ1v) is 6.86. The van der Waals surface area contributed by atoms with E-state index in [1.54, 1.807) is 0 Å². The Bertz CT molecular complexity index is 726. The van der Waals surface area contributed by atoms with Crippen molar-refractivity contribution in [3.05, 3.63) is 77.6 Å². The Morgan fingerprint density at radius 1 is 0.900 bits per heavy atom. The van der Waals surface area contributed by atoms with Gasteiger partial charge in [-0.3, -0.25) is 4.68 Å². The molecule has 1 heterocycles. The molecule has 0 N–H and O–H groups in total. The van der Waals surface area contributed by atoms with Crippen molar-refractivity contribution in [3.8, 4) is 11.1 Å². The van der Waals surface area contributed by atoms with Crippen molar-refractivity contribution in [2.75, 3.05) is 0 Å². The van der Waals surface area contributed by atoms with Crippen LogP contribution in [0, 0.1) is 13.8 Å². The van der Waals surface area contributed by atoms with Crippen molar-refractivity contribution in [2.45, 2.75) is 20.4 Å². The lowest BCUT2D eigenvalue weighted by Gasteiger charge is -2.03. The minimum absolute atomic E-state index is 0.813. The molecule has 2 nitrogen and oxygen atoms in total. The number of rotatable bonds is 3. The summed E-state index contributed by atoms with van der Waals surface area (Å²) in [4.78, 5) is 0. The van der Waals surface area contributed by atoms with E-state index in [2.05, 4.69) is 73.7 Å². The van der Waals surface area contributed by atoms with Gasteiger partial charge in [0.15, 0.2) is 0 Å². The Labute approximate surface area is 119 Å². The van der Waals surface area contributed by atoms with Crippen LogP contribution in [0.15, 0.2) is 60.9 Å². The second-order valence-electron chi connectivity index (χ2n) is 5.29. The molecule has 0 radical (unpaired) electrons. The fraction of sp³-hybridized carbons (Fsp3) is 0.167. The van der Waals surface area contributed by atoms with E-state index in [1.807, 2.05) is 10.9 Å². The molecule has 20 heavy (non-hydrogen) atoms. The van der Waals surface area contributed by atoms with Gasteiger partial charge in [0, 0.05) is 11.8 Å². The molecular weight excluding hydrogens is 244 g/mol. The molecule has 0 fully saturated rings. The Morgan fingerprint density at radius 2 is 1.65 bits per heavy atom. The third-order valence-electron chi connectivity index (χ3n) is 3.41. The summed E-state index contributed by atoms with van der Waals surface area (Å²) in [7, 11) is 0. The van der Waals surface area contributed by atoms with Gasteiger partial charge in [0.1, 0.15) is 0 Å². The second-order valence-corrected chi connectivity index (χ2v) is 5.29. The number of hydrogen-bond acceptors (Lipinski definition) is 1. The number of aryl methyl sites for hydroxylation is 2. The summed E-state index contributed by atoms with van der Waals surface area (Å²) < 4.78 is 1.99. The van der Waals surface area contributed by atoms with E-state index in [9.17, 15) is 0 Å². The van der Waals surface area contributed by atoms with Crippen molar-refractivity contribution in [1.29, 1.82) is 0 Å².